The van der Waals surface area contributed by atoms with Crippen LogP contribution >= 0.6 is 0 Å². The van der Waals surface area contributed by atoms with E-state index in [0.717, 1.165) is 12.0 Å². The fourth-order valence-electron chi connectivity index (χ4n) is 3.51. The highest BCUT2D eigenvalue weighted by Gasteiger charge is 2.41. The lowest BCUT2D eigenvalue weighted by Gasteiger charge is -2.29. The second-order valence-corrected chi connectivity index (χ2v) is 6.27. The van der Waals surface area contributed by atoms with Crippen LogP contribution in [0, 0.1) is 5.92 Å². The van der Waals surface area contributed by atoms with Crippen LogP contribution in [0.25, 0.3) is 0 Å². The van der Waals surface area contributed by atoms with Crippen molar-refractivity contribution in [2.75, 3.05) is 7.11 Å². The Kier molecular flexibility index (Phi) is 5.75. The summed E-state index contributed by atoms with van der Waals surface area (Å²) in [5.41, 5.74) is 8.24. The Hall–Kier alpha value is -2.28. The van der Waals surface area contributed by atoms with Gasteiger partial charge in [-0.1, -0.05) is 30.3 Å². The molecule has 6 nitrogen and oxygen atoms in total. The molecular weight excluding hydrogens is 318 g/mol. The largest absolute Gasteiger partial charge is 0.469 e. The third kappa shape index (κ3) is 4.22. The van der Waals surface area contributed by atoms with E-state index in [1.165, 1.54) is 12.7 Å². The number of aliphatic hydroxyl groups is 1. The van der Waals surface area contributed by atoms with Gasteiger partial charge in [0.1, 0.15) is 6.23 Å². The van der Waals surface area contributed by atoms with Gasteiger partial charge in [-0.15, -0.1) is 0 Å². The number of methoxy groups -OCH3 is 1. The maximum atomic E-state index is 12.0. The molecule has 4 unspecified atom stereocenters. The molecular formula is C19H23N3O3. The number of nitrogens with zero attached hydrogens (tertiary/aromatic N) is 1. The number of nitrogens with one attached hydrogen (secondary N) is 2. The minimum Gasteiger partial charge on any atom is -0.469 e. The van der Waals surface area contributed by atoms with Gasteiger partial charge in [0, 0.05) is 30.3 Å². The Balaban J connectivity index is 1.87. The smallest absolute Gasteiger partial charge is 0.306 e. The van der Waals surface area contributed by atoms with Crippen LogP contribution in [0.15, 0.2) is 54.9 Å². The maximum absolute atomic E-state index is 12.0. The molecule has 1 aromatic carbocycles. The van der Waals surface area contributed by atoms with Crippen LogP contribution in [0.5, 0.6) is 0 Å². The van der Waals surface area contributed by atoms with Crippen molar-refractivity contribution in [3.8, 4) is 0 Å². The van der Waals surface area contributed by atoms with Gasteiger partial charge in [0.15, 0.2) is 0 Å². The van der Waals surface area contributed by atoms with Crippen molar-refractivity contribution < 1.29 is 14.6 Å². The van der Waals surface area contributed by atoms with Crippen LogP contribution in [-0.2, 0) is 16.0 Å². The molecule has 6 heteroatoms. The minimum absolute atomic E-state index is 0.0137. The summed E-state index contributed by atoms with van der Waals surface area (Å²) >= 11 is 0. The average Bonchev–Trinajstić information content (AvgIpc) is 3.01. The van der Waals surface area contributed by atoms with Crippen molar-refractivity contribution in [1.82, 2.24) is 15.8 Å². The summed E-state index contributed by atoms with van der Waals surface area (Å²) in [5, 5.41) is 10.5. The molecule has 3 N–H and O–H groups in total. The van der Waals surface area contributed by atoms with E-state index in [9.17, 15) is 9.90 Å². The van der Waals surface area contributed by atoms with Gasteiger partial charge in [0.2, 0.25) is 0 Å². The highest BCUT2D eigenvalue weighted by Crippen LogP contribution is 2.35. The summed E-state index contributed by atoms with van der Waals surface area (Å²) in [6.45, 7) is 0. The number of hydrogen-bond donors (Lipinski definition) is 3. The van der Waals surface area contributed by atoms with E-state index >= 15 is 0 Å². The molecule has 25 heavy (non-hydrogen) atoms. The number of hydrazine groups is 1. The van der Waals surface area contributed by atoms with Gasteiger partial charge < -0.3 is 9.84 Å². The Labute approximate surface area is 147 Å². The number of benzene rings is 1. The summed E-state index contributed by atoms with van der Waals surface area (Å²) in [6.07, 6.45) is 3.61. The molecule has 1 aliphatic heterocycles. The van der Waals surface area contributed by atoms with Crippen LogP contribution in [0.3, 0.4) is 0 Å². The van der Waals surface area contributed by atoms with Gasteiger partial charge in [-0.05, 0) is 29.7 Å². The molecule has 4 atom stereocenters. The summed E-state index contributed by atoms with van der Waals surface area (Å²) < 4.78 is 4.87. The van der Waals surface area contributed by atoms with Crippen LogP contribution < -0.4 is 10.9 Å². The highest BCUT2D eigenvalue weighted by molar-refractivity contribution is 5.70. The first-order valence-corrected chi connectivity index (χ1v) is 8.39. The molecule has 132 valence electrons. The standard InChI is InChI=1S/C19H23N3O3/c1-25-17(23)12-15(14-7-9-20-10-8-14)18-16(21-22-19(18)24)11-13-5-3-2-4-6-13/h2-10,15-16,18-19,21-22,24H,11-12H2,1H3. The number of carbonyl (C=O) groups excluding carboxylic acids is 1. The van der Waals surface area contributed by atoms with Crippen LogP contribution in [0.2, 0.25) is 0 Å². The highest BCUT2D eigenvalue weighted by atomic mass is 16.5. The van der Waals surface area contributed by atoms with Gasteiger partial charge >= 0.3 is 5.97 Å². The summed E-state index contributed by atoms with van der Waals surface area (Å²) in [7, 11) is 1.38. The molecule has 0 radical (unpaired) electrons. The lowest BCUT2D eigenvalue weighted by Crippen LogP contribution is -2.36. The molecule has 0 saturated carbocycles. The van der Waals surface area contributed by atoms with Crippen molar-refractivity contribution >= 4 is 5.97 Å². The zero-order valence-electron chi connectivity index (χ0n) is 14.1. The summed E-state index contributed by atoms with van der Waals surface area (Å²) in [5.74, 6) is -0.650. The summed E-state index contributed by atoms with van der Waals surface area (Å²) in [4.78, 5) is 16.0. The van der Waals surface area contributed by atoms with Gasteiger partial charge in [-0.2, -0.15) is 0 Å². The van der Waals surface area contributed by atoms with Crippen molar-refractivity contribution in [3.63, 3.8) is 0 Å². The first-order valence-electron chi connectivity index (χ1n) is 8.39. The lowest BCUT2D eigenvalue weighted by molar-refractivity contribution is -0.141. The van der Waals surface area contributed by atoms with E-state index in [2.05, 4.69) is 28.0 Å². The molecule has 1 aliphatic rings. The number of aromatic nitrogens is 1. The second kappa shape index (κ2) is 8.20. The van der Waals surface area contributed by atoms with Crippen molar-refractivity contribution in [3.05, 3.63) is 66.0 Å². The topological polar surface area (TPSA) is 83.5 Å². The van der Waals surface area contributed by atoms with Crippen LogP contribution in [0.4, 0.5) is 0 Å². The average molecular weight is 341 g/mol. The van der Waals surface area contributed by atoms with Crippen molar-refractivity contribution in [2.24, 2.45) is 5.92 Å². The second-order valence-electron chi connectivity index (χ2n) is 6.27. The lowest BCUT2D eigenvalue weighted by atomic mass is 9.78. The molecule has 0 amide bonds. The van der Waals surface area contributed by atoms with Gasteiger partial charge in [-0.25, -0.2) is 5.43 Å². The zero-order chi connectivity index (χ0) is 17.6. The van der Waals surface area contributed by atoms with E-state index < -0.39 is 6.23 Å². The SMILES string of the molecule is COC(=O)CC(c1ccncc1)C1C(O)NNC1Cc1ccccc1. The number of esters is 1. The number of ether oxygens (including phenoxy) is 1. The third-order valence-electron chi connectivity index (χ3n) is 4.76. The van der Waals surface area contributed by atoms with E-state index in [1.807, 2.05) is 30.3 Å². The fraction of sp³-hybridized carbons (Fsp3) is 0.368. The molecule has 3 rings (SSSR count). The predicted octanol–water partition coefficient (Wildman–Crippen LogP) is 1.38. The molecule has 1 aromatic heterocycles. The number of hydrogen-bond acceptors (Lipinski definition) is 6. The van der Waals surface area contributed by atoms with Gasteiger partial charge in [-0.3, -0.25) is 15.2 Å². The Morgan fingerprint density at radius 2 is 1.92 bits per heavy atom. The normalized spacial score (nSPS) is 24.0. The minimum atomic E-state index is -0.753. The molecule has 0 spiro atoms. The molecule has 0 bridgehead atoms. The zero-order valence-corrected chi connectivity index (χ0v) is 14.1. The quantitative estimate of drug-likeness (QED) is 0.689. The first kappa shape index (κ1) is 17.5. The number of carbonyl (C=O) groups is 1. The fourth-order valence-corrected chi connectivity index (χ4v) is 3.51. The molecule has 2 aromatic rings. The van der Waals surface area contributed by atoms with Gasteiger partial charge in [0.25, 0.3) is 0 Å². The van der Waals surface area contributed by atoms with Gasteiger partial charge in [0.05, 0.1) is 13.5 Å². The van der Waals surface area contributed by atoms with E-state index in [0.29, 0.717) is 0 Å². The predicted molar refractivity (Wildman–Crippen MR) is 93.3 cm³/mol. The maximum Gasteiger partial charge on any atom is 0.306 e. The molecule has 1 saturated heterocycles. The van der Waals surface area contributed by atoms with E-state index in [4.69, 9.17) is 4.74 Å². The number of rotatable bonds is 6. The van der Waals surface area contributed by atoms with Crippen molar-refractivity contribution in [1.29, 1.82) is 0 Å². The molecule has 1 fully saturated rings. The Morgan fingerprint density at radius 3 is 2.60 bits per heavy atom. The molecule has 2 heterocycles. The van der Waals surface area contributed by atoms with Crippen LogP contribution in [0.1, 0.15) is 23.5 Å². The first-order chi connectivity index (χ1) is 12.2. The third-order valence-corrected chi connectivity index (χ3v) is 4.76. The summed E-state index contributed by atoms with van der Waals surface area (Å²) in [6, 6.07) is 13.9. The number of pyridine rings is 1. The van der Waals surface area contributed by atoms with Crippen molar-refractivity contribution in [2.45, 2.75) is 31.0 Å². The monoisotopic (exact) mass is 341 g/mol. The Bertz CT molecular complexity index is 681. The number of aliphatic hydroxyl groups excluding tert-OH is 1. The van der Waals surface area contributed by atoms with Crippen LogP contribution in [-0.4, -0.2) is 35.4 Å². The van der Waals surface area contributed by atoms with E-state index in [-0.39, 0.29) is 30.3 Å². The van der Waals surface area contributed by atoms with E-state index in [1.54, 1.807) is 12.4 Å². The Morgan fingerprint density at radius 1 is 1.20 bits per heavy atom. The molecule has 0 aliphatic carbocycles.